The van der Waals surface area contributed by atoms with E-state index in [2.05, 4.69) is 4.98 Å². The summed E-state index contributed by atoms with van der Waals surface area (Å²) in [6.45, 7) is 1.86. The average Bonchev–Trinajstić information content (AvgIpc) is 2.70. The largest absolute Gasteiger partial charge is 0.386 e. The maximum atomic E-state index is 13.1. The zero-order chi connectivity index (χ0) is 12.4. The lowest BCUT2D eigenvalue weighted by molar-refractivity contribution is 0.178. The molecular formula is C12H11ClFNOS. The molecule has 17 heavy (non-hydrogen) atoms. The number of rotatable bonds is 3. The van der Waals surface area contributed by atoms with Crippen LogP contribution < -0.4 is 0 Å². The van der Waals surface area contributed by atoms with E-state index in [4.69, 9.17) is 11.6 Å². The van der Waals surface area contributed by atoms with Gasteiger partial charge in [0.1, 0.15) is 16.9 Å². The van der Waals surface area contributed by atoms with Crippen LogP contribution in [0.3, 0.4) is 0 Å². The predicted molar refractivity (Wildman–Crippen MR) is 66.9 cm³/mol. The van der Waals surface area contributed by atoms with Crippen LogP contribution in [0, 0.1) is 12.7 Å². The Morgan fingerprint density at radius 3 is 2.94 bits per heavy atom. The summed E-state index contributed by atoms with van der Waals surface area (Å²) in [5.41, 5.74) is 1.46. The molecule has 2 nitrogen and oxygen atoms in total. The van der Waals surface area contributed by atoms with E-state index >= 15 is 0 Å². The Morgan fingerprint density at radius 2 is 2.29 bits per heavy atom. The first kappa shape index (κ1) is 12.5. The SMILES string of the molecule is Cc1csc(C(O)Cc2cc(F)ccc2Cl)n1. The summed E-state index contributed by atoms with van der Waals surface area (Å²) in [6, 6.07) is 4.13. The Kier molecular flexibility index (Phi) is 3.76. The molecule has 0 bridgehead atoms. The summed E-state index contributed by atoms with van der Waals surface area (Å²) >= 11 is 7.33. The average molecular weight is 272 g/mol. The van der Waals surface area contributed by atoms with Gasteiger partial charge in [-0.25, -0.2) is 9.37 Å². The van der Waals surface area contributed by atoms with Crippen molar-refractivity contribution in [3.05, 3.63) is 50.7 Å². The molecule has 0 aliphatic carbocycles. The van der Waals surface area contributed by atoms with Gasteiger partial charge in [-0.15, -0.1) is 11.3 Å². The number of aromatic nitrogens is 1. The Hall–Kier alpha value is -0.970. The van der Waals surface area contributed by atoms with E-state index in [-0.39, 0.29) is 12.2 Å². The summed E-state index contributed by atoms with van der Waals surface area (Å²) in [5.74, 6) is -0.355. The zero-order valence-corrected chi connectivity index (χ0v) is 10.7. The van der Waals surface area contributed by atoms with Crippen molar-refractivity contribution in [3.8, 4) is 0 Å². The minimum Gasteiger partial charge on any atom is -0.386 e. The Balaban J connectivity index is 2.18. The van der Waals surface area contributed by atoms with E-state index in [0.717, 1.165) is 5.69 Å². The second-order valence-corrected chi connectivity index (χ2v) is 5.08. The molecule has 2 rings (SSSR count). The maximum Gasteiger partial charge on any atom is 0.123 e. The first-order valence-corrected chi connectivity index (χ1v) is 6.36. The van der Waals surface area contributed by atoms with E-state index < -0.39 is 6.10 Å². The lowest BCUT2D eigenvalue weighted by atomic mass is 10.1. The fraction of sp³-hybridized carbons (Fsp3) is 0.250. The molecule has 0 spiro atoms. The summed E-state index contributed by atoms with van der Waals surface area (Å²) in [4.78, 5) is 4.19. The van der Waals surface area contributed by atoms with E-state index in [1.165, 1.54) is 29.5 Å². The molecule has 1 N–H and O–H groups in total. The molecule has 0 saturated heterocycles. The zero-order valence-electron chi connectivity index (χ0n) is 9.15. The van der Waals surface area contributed by atoms with Gasteiger partial charge >= 0.3 is 0 Å². The first-order chi connectivity index (χ1) is 8.06. The Labute approximate surface area is 108 Å². The molecule has 0 amide bonds. The molecule has 5 heteroatoms. The van der Waals surface area contributed by atoms with Crippen LogP contribution in [0.15, 0.2) is 23.6 Å². The predicted octanol–water partition coefficient (Wildman–Crippen LogP) is 3.52. The van der Waals surface area contributed by atoms with Gasteiger partial charge in [0.2, 0.25) is 0 Å². The fourth-order valence-electron chi connectivity index (χ4n) is 1.52. The van der Waals surface area contributed by atoms with Crippen LogP contribution >= 0.6 is 22.9 Å². The number of hydrogen-bond donors (Lipinski definition) is 1. The number of benzene rings is 1. The van der Waals surface area contributed by atoms with Crippen molar-refractivity contribution < 1.29 is 9.50 Å². The molecule has 1 aromatic carbocycles. The van der Waals surface area contributed by atoms with Gasteiger partial charge in [-0.2, -0.15) is 0 Å². The normalized spacial score (nSPS) is 12.7. The van der Waals surface area contributed by atoms with Crippen LogP contribution in [-0.2, 0) is 6.42 Å². The second kappa shape index (κ2) is 5.12. The van der Waals surface area contributed by atoms with Crippen LogP contribution in [0.5, 0.6) is 0 Å². The van der Waals surface area contributed by atoms with Crippen LogP contribution in [0.2, 0.25) is 5.02 Å². The molecule has 0 radical (unpaired) electrons. The quantitative estimate of drug-likeness (QED) is 0.927. The number of aliphatic hydroxyl groups is 1. The molecule has 0 aliphatic heterocycles. The second-order valence-electron chi connectivity index (χ2n) is 3.78. The molecule has 0 saturated carbocycles. The number of thiazole rings is 1. The van der Waals surface area contributed by atoms with Crippen LogP contribution in [0.4, 0.5) is 4.39 Å². The third kappa shape index (κ3) is 3.03. The molecule has 0 aliphatic rings. The molecule has 1 aromatic heterocycles. The van der Waals surface area contributed by atoms with Crippen molar-refractivity contribution in [3.63, 3.8) is 0 Å². The van der Waals surface area contributed by atoms with Crippen LogP contribution in [0.1, 0.15) is 22.4 Å². The van der Waals surface area contributed by atoms with Crippen molar-refractivity contribution in [1.29, 1.82) is 0 Å². The fourth-order valence-corrected chi connectivity index (χ4v) is 2.50. The van der Waals surface area contributed by atoms with Crippen LogP contribution in [-0.4, -0.2) is 10.1 Å². The monoisotopic (exact) mass is 271 g/mol. The molecular weight excluding hydrogens is 261 g/mol. The number of hydrogen-bond acceptors (Lipinski definition) is 3. The number of halogens is 2. The summed E-state index contributed by atoms with van der Waals surface area (Å²) in [6.07, 6.45) is -0.475. The summed E-state index contributed by atoms with van der Waals surface area (Å²) < 4.78 is 13.1. The van der Waals surface area contributed by atoms with Crippen molar-refractivity contribution in [1.82, 2.24) is 4.98 Å². The van der Waals surface area contributed by atoms with Crippen molar-refractivity contribution in [2.24, 2.45) is 0 Å². The number of nitrogens with zero attached hydrogens (tertiary/aromatic N) is 1. The summed E-state index contributed by atoms with van der Waals surface area (Å²) in [5, 5.41) is 12.9. The molecule has 1 unspecified atom stereocenters. The van der Waals surface area contributed by atoms with Gasteiger partial charge in [0, 0.05) is 22.5 Å². The minimum atomic E-state index is -0.743. The highest BCUT2D eigenvalue weighted by atomic mass is 35.5. The van der Waals surface area contributed by atoms with Crippen molar-refractivity contribution >= 4 is 22.9 Å². The van der Waals surface area contributed by atoms with E-state index in [1.807, 2.05) is 12.3 Å². The van der Waals surface area contributed by atoms with Gasteiger partial charge in [0.25, 0.3) is 0 Å². The molecule has 0 fully saturated rings. The molecule has 1 heterocycles. The van der Waals surface area contributed by atoms with E-state index in [9.17, 15) is 9.50 Å². The van der Waals surface area contributed by atoms with E-state index in [0.29, 0.717) is 15.6 Å². The number of aliphatic hydroxyl groups excluding tert-OH is 1. The Bertz CT molecular complexity index is 529. The topological polar surface area (TPSA) is 33.1 Å². The van der Waals surface area contributed by atoms with E-state index in [1.54, 1.807) is 0 Å². The summed E-state index contributed by atoms with van der Waals surface area (Å²) in [7, 11) is 0. The maximum absolute atomic E-state index is 13.1. The highest BCUT2D eigenvalue weighted by Gasteiger charge is 2.14. The Morgan fingerprint density at radius 1 is 1.53 bits per heavy atom. The highest BCUT2D eigenvalue weighted by Crippen LogP contribution is 2.26. The highest BCUT2D eigenvalue weighted by molar-refractivity contribution is 7.09. The van der Waals surface area contributed by atoms with Crippen LogP contribution in [0.25, 0.3) is 0 Å². The third-order valence-electron chi connectivity index (χ3n) is 2.34. The number of aryl methyl sites for hydroxylation is 1. The van der Waals surface area contributed by atoms with Gasteiger partial charge in [0.05, 0.1) is 0 Å². The minimum absolute atomic E-state index is 0.267. The molecule has 2 aromatic rings. The smallest absolute Gasteiger partial charge is 0.123 e. The van der Waals surface area contributed by atoms with Gasteiger partial charge < -0.3 is 5.11 Å². The lowest BCUT2D eigenvalue weighted by Crippen LogP contribution is -2.02. The first-order valence-electron chi connectivity index (χ1n) is 5.10. The third-order valence-corrected chi connectivity index (χ3v) is 3.78. The van der Waals surface area contributed by atoms with Gasteiger partial charge in [-0.05, 0) is 30.7 Å². The molecule has 90 valence electrons. The standard InChI is InChI=1S/C12H11ClFNOS/c1-7-6-17-12(15-7)11(16)5-8-4-9(14)2-3-10(8)13/h2-4,6,11,16H,5H2,1H3. The van der Waals surface area contributed by atoms with Crippen molar-refractivity contribution in [2.45, 2.75) is 19.4 Å². The van der Waals surface area contributed by atoms with Gasteiger partial charge in [0.15, 0.2) is 0 Å². The molecule has 1 atom stereocenters. The van der Waals surface area contributed by atoms with Gasteiger partial charge in [-0.3, -0.25) is 0 Å². The van der Waals surface area contributed by atoms with Gasteiger partial charge in [-0.1, -0.05) is 11.6 Å². The lowest BCUT2D eigenvalue weighted by Gasteiger charge is -2.09. The van der Waals surface area contributed by atoms with Crippen molar-refractivity contribution in [2.75, 3.05) is 0 Å².